The minimum absolute atomic E-state index is 0.164. The quantitative estimate of drug-likeness (QED) is 0.395. The first-order valence-corrected chi connectivity index (χ1v) is 11.7. The van der Waals surface area contributed by atoms with Gasteiger partial charge in [0.2, 0.25) is 0 Å². The molecule has 31 heavy (non-hydrogen) atoms. The largest absolute Gasteiger partial charge is 0.507 e. The molecular formula is C26H34N4O. The third kappa shape index (κ3) is 5.73. The Kier molecular flexibility index (Phi) is 7.36. The van der Waals surface area contributed by atoms with Gasteiger partial charge < -0.3 is 15.8 Å². The van der Waals surface area contributed by atoms with E-state index in [0.717, 1.165) is 30.0 Å². The number of aromatic nitrogens is 1. The van der Waals surface area contributed by atoms with Crippen molar-refractivity contribution in [1.29, 1.82) is 5.41 Å². The van der Waals surface area contributed by atoms with Gasteiger partial charge in [-0.15, -0.1) is 0 Å². The lowest BCUT2D eigenvalue weighted by atomic mass is 9.95. The summed E-state index contributed by atoms with van der Waals surface area (Å²) in [6.45, 7) is 2.60. The normalized spacial score (nSPS) is 19.0. The van der Waals surface area contributed by atoms with Crippen molar-refractivity contribution in [2.75, 3.05) is 25.0 Å². The third-order valence-corrected chi connectivity index (χ3v) is 6.42. The number of hydrogen-bond donors (Lipinski definition) is 3. The van der Waals surface area contributed by atoms with Crippen molar-refractivity contribution in [1.82, 2.24) is 9.88 Å². The van der Waals surface area contributed by atoms with Crippen LogP contribution in [0.1, 0.15) is 62.5 Å². The number of piperidine rings is 1. The number of aliphatic hydroxyl groups excluding tert-OH is 1. The zero-order valence-electron chi connectivity index (χ0n) is 18.3. The van der Waals surface area contributed by atoms with E-state index in [9.17, 15) is 5.11 Å². The van der Waals surface area contributed by atoms with Crippen LogP contribution < -0.4 is 5.32 Å². The fourth-order valence-electron chi connectivity index (χ4n) is 4.74. The predicted octanol–water partition coefficient (Wildman–Crippen LogP) is 5.76. The van der Waals surface area contributed by atoms with Gasteiger partial charge in [-0.25, -0.2) is 4.98 Å². The molecule has 0 atom stereocenters. The van der Waals surface area contributed by atoms with Gasteiger partial charge in [0.1, 0.15) is 11.6 Å². The van der Waals surface area contributed by atoms with Crippen molar-refractivity contribution in [2.24, 2.45) is 0 Å². The Balaban J connectivity index is 1.63. The summed E-state index contributed by atoms with van der Waals surface area (Å²) in [5.74, 6) is 0.992. The molecule has 2 aliphatic rings. The van der Waals surface area contributed by atoms with Gasteiger partial charge in [0.05, 0.1) is 5.71 Å². The number of aliphatic hydroxyl groups is 1. The van der Waals surface area contributed by atoms with Gasteiger partial charge in [-0.3, -0.25) is 4.90 Å². The lowest BCUT2D eigenvalue weighted by Gasteiger charge is -2.27. The maximum Gasteiger partial charge on any atom is 0.132 e. The summed E-state index contributed by atoms with van der Waals surface area (Å²) in [7, 11) is 0. The van der Waals surface area contributed by atoms with E-state index in [0.29, 0.717) is 23.9 Å². The van der Waals surface area contributed by atoms with E-state index < -0.39 is 0 Å². The Hall–Kier alpha value is -2.66. The highest BCUT2D eigenvalue weighted by Crippen LogP contribution is 2.28. The summed E-state index contributed by atoms with van der Waals surface area (Å²) in [4.78, 5) is 6.85. The van der Waals surface area contributed by atoms with Gasteiger partial charge in [-0.1, -0.05) is 56.0 Å². The molecule has 2 heterocycles. The highest BCUT2D eigenvalue weighted by Gasteiger charge is 2.21. The average molecular weight is 419 g/mol. The maximum atomic E-state index is 11.2. The molecule has 0 amide bonds. The number of likely N-dealkylation sites (tertiary alicyclic amines) is 1. The maximum absolute atomic E-state index is 11.2. The molecule has 5 heteroatoms. The summed E-state index contributed by atoms with van der Waals surface area (Å²) in [6, 6.07) is 13.9. The molecule has 1 aliphatic carbocycles. The van der Waals surface area contributed by atoms with Crippen molar-refractivity contribution < 1.29 is 5.11 Å². The van der Waals surface area contributed by atoms with Gasteiger partial charge >= 0.3 is 0 Å². The standard InChI is InChI=1S/C26H34N4O/c27-23(19-30-16-8-3-9-17-30)25(26(31)20-10-4-1-5-11-20)21-14-15-28-24(18-21)29-22-12-6-2-7-13-22/h1,4-5,10-11,14-15,18,22,27,31H,2-3,6-9,12-13,16-17,19H2,(H,28,29)/b26-25-,27-23?. The summed E-state index contributed by atoms with van der Waals surface area (Å²) in [6.07, 6.45) is 11.6. The van der Waals surface area contributed by atoms with Gasteiger partial charge in [0.15, 0.2) is 0 Å². The second-order valence-electron chi connectivity index (χ2n) is 8.81. The first-order chi connectivity index (χ1) is 15.2. The monoisotopic (exact) mass is 418 g/mol. The van der Waals surface area contributed by atoms with Crippen LogP contribution in [-0.4, -0.2) is 46.4 Å². The molecule has 0 spiro atoms. The summed E-state index contributed by atoms with van der Waals surface area (Å²) >= 11 is 0. The van der Waals surface area contributed by atoms with Crippen molar-refractivity contribution >= 4 is 22.9 Å². The Labute approximate surface area is 185 Å². The minimum atomic E-state index is 0.164. The predicted molar refractivity (Wildman–Crippen MR) is 129 cm³/mol. The molecule has 1 aromatic heterocycles. The smallest absolute Gasteiger partial charge is 0.132 e. The fraction of sp³-hybridized carbons (Fsp3) is 0.462. The highest BCUT2D eigenvalue weighted by atomic mass is 16.3. The Morgan fingerprint density at radius 3 is 2.42 bits per heavy atom. The molecule has 2 aromatic rings. The molecule has 1 saturated carbocycles. The van der Waals surface area contributed by atoms with Crippen molar-refractivity contribution in [3.8, 4) is 0 Å². The van der Waals surface area contributed by atoms with Crippen LogP contribution in [0.2, 0.25) is 0 Å². The van der Waals surface area contributed by atoms with E-state index in [2.05, 4.69) is 15.2 Å². The van der Waals surface area contributed by atoms with E-state index in [1.807, 2.05) is 42.5 Å². The van der Waals surface area contributed by atoms with Gasteiger partial charge in [0, 0.05) is 29.9 Å². The topological polar surface area (TPSA) is 72.2 Å². The number of nitrogens with one attached hydrogen (secondary N) is 2. The Morgan fingerprint density at radius 2 is 1.68 bits per heavy atom. The number of pyridine rings is 1. The van der Waals surface area contributed by atoms with E-state index >= 15 is 0 Å². The molecule has 3 N–H and O–H groups in total. The minimum Gasteiger partial charge on any atom is -0.507 e. The van der Waals surface area contributed by atoms with Crippen LogP contribution in [-0.2, 0) is 0 Å². The van der Waals surface area contributed by atoms with Crippen molar-refractivity contribution in [3.63, 3.8) is 0 Å². The van der Waals surface area contributed by atoms with E-state index in [1.165, 1.54) is 51.4 Å². The molecule has 0 unspecified atom stereocenters. The molecule has 0 bridgehead atoms. The lowest BCUT2D eigenvalue weighted by Crippen LogP contribution is -2.34. The first-order valence-electron chi connectivity index (χ1n) is 11.7. The molecule has 1 aromatic carbocycles. The van der Waals surface area contributed by atoms with Crippen LogP contribution >= 0.6 is 0 Å². The molecule has 2 fully saturated rings. The molecule has 1 aliphatic heterocycles. The zero-order chi connectivity index (χ0) is 21.5. The van der Waals surface area contributed by atoms with Crippen molar-refractivity contribution in [2.45, 2.75) is 57.4 Å². The van der Waals surface area contributed by atoms with Crippen LogP contribution in [0.4, 0.5) is 5.82 Å². The number of rotatable bonds is 7. The number of benzene rings is 1. The zero-order valence-corrected chi connectivity index (χ0v) is 18.3. The van der Waals surface area contributed by atoms with Crippen molar-refractivity contribution in [3.05, 3.63) is 59.8 Å². The average Bonchev–Trinajstić information content (AvgIpc) is 2.81. The van der Waals surface area contributed by atoms with Gasteiger partial charge in [-0.05, 0) is 56.5 Å². The molecule has 5 nitrogen and oxygen atoms in total. The van der Waals surface area contributed by atoms with Crippen LogP contribution in [0.3, 0.4) is 0 Å². The van der Waals surface area contributed by atoms with E-state index in [1.54, 1.807) is 6.20 Å². The fourth-order valence-corrected chi connectivity index (χ4v) is 4.74. The summed E-state index contributed by atoms with van der Waals surface area (Å²) < 4.78 is 0. The molecule has 164 valence electrons. The Bertz CT molecular complexity index is 897. The SMILES string of the molecule is N=C(CN1CCCCC1)/C(=C(\O)c1ccccc1)c1ccnc(NC2CCCCC2)c1. The van der Waals surface area contributed by atoms with Gasteiger partial charge in [0.25, 0.3) is 0 Å². The summed E-state index contributed by atoms with van der Waals surface area (Å²) in [5.41, 5.74) is 2.64. The second kappa shape index (κ2) is 10.6. The highest BCUT2D eigenvalue weighted by molar-refractivity contribution is 6.29. The summed E-state index contributed by atoms with van der Waals surface area (Å²) in [5, 5.41) is 23.7. The van der Waals surface area contributed by atoms with E-state index in [4.69, 9.17) is 5.41 Å². The van der Waals surface area contributed by atoms with E-state index in [-0.39, 0.29) is 5.76 Å². The van der Waals surface area contributed by atoms with Crippen LogP contribution in [0.5, 0.6) is 0 Å². The lowest BCUT2D eigenvalue weighted by molar-refractivity contribution is 0.258. The van der Waals surface area contributed by atoms with Crippen LogP contribution in [0, 0.1) is 5.41 Å². The Morgan fingerprint density at radius 1 is 0.968 bits per heavy atom. The molecular weight excluding hydrogens is 384 g/mol. The molecule has 0 radical (unpaired) electrons. The van der Waals surface area contributed by atoms with Crippen LogP contribution in [0.25, 0.3) is 11.3 Å². The number of anilines is 1. The van der Waals surface area contributed by atoms with Crippen LogP contribution in [0.15, 0.2) is 48.7 Å². The molecule has 4 rings (SSSR count). The van der Waals surface area contributed by atoms with Gasteiger partial charge in [-0.2, -0.15) is 0 Å². The first kappa shape index (κ1) is 21.6. The number of nitrogens with zero attached hydrogens (tertiary/aromatic N) is 2. The molecule has 1 saturated heterocycles. The number of hydrogen-bond acceptors (Lipinski definition) is 5. The third-order valence-electron chi connectivity index (χ3n) is 6.42. The second-order valence-corrected chi connectivity index (χ2v) is 8.81.